The van der Waals surface area contributed by atoms with Gasteiger partial charge in [-0.25, -0.2) is 18.1 Å². The molecule has 2 aromatic carbocycles. The second-order valence-corrected chi connectivity index (χ2v) is 12.4. The van der Waals surface area contributed by atoms with Gasteiger partial charge in [-0.1, -0.05) is 17.7 Å². The predicted octanol–water partition coefficient (Wildman–Crippen LogP) is 0.621. The fourth-order valence-electron chi connectivity index (χ4n) is 5.60. The molecule has 210 valence electrons. The molecule has 0 radical (unpaired) electrons. The van der Waals surface area contributed by atoms with E-state index in [2.05, 4.69) is 35.7 Å². The minimum absolute atomic E-state index is 0.0390. The van der Waals surface area contributed by atoms with Crippen LogP contribution in [-0.4, -0.2) is 90.9 Å². The van der Waals surface area contributed by atoms with Crippen molar-refractivity contribution in [2.24, 2.45) is 0 Å². The van der Waals surface area contributed by atoms with Crippen molar-refractivity contribution < 1.29 is 13.2 Å². The van der Waals surface area contributed by atoms with Gasteiger partial charge in [-0.2, -0.15) is 4.98 Å². The van der Waals surface area contributed by atoms with Crippen molar-refractivity contribution in [1.82, 2.24) is 35.3 Å². The van der Waals surface area contributed by atoms with E-state index in [1.54, 1.807) is 31.2 Å². The van der Waals surface area contributed by atoms with Crippen LogP contribution in [-0.2, 0) is 14.6 Å². The number of anilines is 1. The highest BCUT2D eigenvalue weighted by molar-refractivity contribution is 7.91. The van der Waals surface area contributed by atoms with Gasteiger partial charge in [-0.05, 0) is 56.6 Å². The molecule has 2 saturated heterocycles. The number of fused-ring (bicyclic) bond motifs is 3. The number of benzene rings is 2. The molecule has 1 amide bonds. The number of hydrogen-bond donors (Lipinski definition) is 3. The number of nitrogens with one attached hydrogen (secondary N) is 3. The Labute approximate surface area is 231 Å². The molecule has 0 spiro atoms. The van der Waals surface area contributed by atoms with Crippen LogP contribution in [0, 0.1) is 13.8 Å². The number of aromatic nitrogens is 4. The summed E-state index contributed by atoms with van der Waals surface area (Å²) in [6.45, 7) is 8.62. The van der Waals surface area contributed by atoms with Gasteiger partial charge in [0, 0.05) is 44.5 Å². The zero-order chi connectivity index (χ0) is 28.0. The largest absolute Gasteiger partial charge is 0.369 e. The van der Waals surface area contributed by atoms with Gasteiger partial charge < -0.3 is 15.5 Å². The van der Waals surface area contributed by atoms with Crippen molar-refractivity contribution in [3.63, 3.8) is 0 Å². The zero-order valence-corrected chi connectivity index (χ0v) is 23.3. The molecular weight excluding hydrogens is 532 g/mol. The molecule has 0 bridgehead atoms. The van der Waals surface area contributed by atoms with E-state index < -0.39 is 15.4 Å². The van der Waals surface area contributed by atoms with Crippen molar-refractivity contribution in [3.05, 3.63) is 57.9 Å². The quantitative estimate of drug-likeness (QED) is 0.307. The molecule has 0 saturated carbocycles. The highest BCUT2D eigenvalue weighted by Crippen LogP contribution is 2.27. The number of amides is 1. The minimum Gasteiger partial charge on any atom is -0.369 e. The lowest BCUT2D eigenvalue weighted by molar-refractivity contribution is -0.122. The lowest BCUT2D eigenvalue weighted by atomic mass is 10.2. The van der Waals surface area contributed by atoms with Crippen molar-refractivity contribution in [2.45, 2.75) is 36.2 Å². The molecule has 40 heavy (non-hydrogen) atoms. The van der Waals surface area contributed by atoms with E-state index in [0.29, 0.717) is 36.1 Å². The summed E-state index contributed by atoms with van der Waals surface area (Å²) in [5.74, 6) is 0.0490. The average molecular weight is 565 g/mol. The first-order valence-corrected chi connectivity index (χ1v) is 14.9. The van der Waals surface area contributed by atoms with Crippen LogP contribution in [0.5, 0.6) is 0 Å². The van der Waals surface area contributed by atoms with E-state index in [4.69, 9.17) is 0 Å². The first-order valence-electron chi connectivity index (χ1n) is 13.4. The number of nitrogens with zero attached hydrogens (tertiary/aromatic N) is 5. The topological polar surface area (TPSA) is 145 Å². The number of carbonyl (C=O) groups is 1. The number of piperazine rings is 1. The summed E-state index contributed by atoms with van der Waals surface area (Å²) in [5.41, 5.74) is 2.37. The number of hydrogen-bond acceptors (Lipinski definition) is 9. The third-order valence-electron chi connectivity index (χ3n) is 7.72. The Kier molecular flexibility index (Phi) is 6.80. The minimum atomic E-state index is -4.03. The van der Waals surface area contributed by atoms with Gasteiger partial charge in [-0.15, -0.1) is 5.10 Å². The molecule has 4 aromatic rings. The Morgan fingerprint density at radius 3 is 2.62 bits per heavy atom. The van der Waals surface area contributed by atoms with Crippen LogP contribution in [0.2, 0.25) is 0 Å². The van der Waals surface area contributed by atoms with Gasteiger partial charge in [0.05, 0.1) is 22.3 Å². The Hall–Kier alpha value is -3.81. The molecule has 2 aliphatic rings. The van der Waals surface area contributed by atoms with Crippen LogP contribution >= 0.6 is 0 Å². The Balaban J connectivity index is 1.25. The molecule has 2 fully saturated rings. The number of aryl methyl sites for hydroxylation is 2. The Bertz CT molecular complexity index is 1770. The Morgan fingerprint density at radius 1 is 1.10 bits per heavy atom. The van der Waals surface area contributed by atoms with E-state index in [1.807, 2.05) is 19.1 Å². The molecule has 3 N–H and O–H groups in total. The SMILES string of the molecule is Cc1ccc(S(=O)(=O)c2n[nH]n3c2nc(=O)c2ccc(N4CCN(CC(=O)NC5CCNC5)CC4)cc23)c(C)c1. The smallest absolute Gasteiger partial charge is 0.281 e. The number of aromatic amines is 1. The van der Waals surface area contributed by atoms with Gasteiger partial charge >= 0.3 is 0 Å². The van der Waals surface area contributed by atoms with Crippen molar-refractivity contribution in [2.75, 3.05) is 50.7 Å². The van der Waals surface area contributed by atoms with Crippen LogP contribution in [0.3, 0.4) is 0 Å². The number of sulfone groups is 1. The zero-order valence-electron chi connectivity index (χ0n) is 22.5. The van der Waals surface area contributed by atoms with E-state index >= 15 is 0 Å². The maximum Gasteiger partial charge on any atom is 0.281 e. The molecule has 12 nitrogen and oxygen atoms in total. The predicted molar refractivity (Wildman–Crippen MR) is 151 cm³/mol. The van der Waals surface area contributed by atoms with E-state index in [-0.39, 0.29) is 27.5 Å². The van der Waals surface area contributed by atoms with Gasteiger partial charge in [-0.3, -0.25) is 14.5 Å². The lowest BCUT2D eigenvalue weighted by Gasteiger charge is -2.36. The molecule has 0 aliphatic carbocycles. The van der Waals surface area contributed by atoms with Crippen molar-refractivity contribution >= 4 is 38.0 Å². The van der Waals surface area contributed by atoms with Crippen LogP contribution in [0.1, 0.15) is 17.5 Å². The maximum atomic E-state index is 13.5. The fourth-order valence-corrected chi connectivity index (χ4v) is 7.07. The van der Waals surface area contributed by atoms with Crippen LogP contribution in [0.15, 0.2) is 51.1 Å². The summed E-state index contributed by atoms with van der Waals surface area (Å²) >= 11 is 0. The highest BCUT2D eigenvalue weighted by Gasteiger charge is 2.28. The van der Waals surface area contributed by atoms with Gasteiger partial charge in [0.2, 0.25) is 20.8 Å². The van der Waals surface area contributed by atoms with Crippen molar-refractivity contribution in [3.8, 4) is 0 Å². The fraction of sp³-hybridized carbons (Fsp3) is 0.407. The molecular formula is C27H32N8O4S. The third kappa shape index (κ3) is 4.84. The molecule has 2 aliphatic heterocycles. The lowest BCUT2D eigenvalue weighted by Crippen LogP contribution is -2.50. The molecule has 6 rings (SSSR count). The summed E-state index contributed by atoms with van der Waals surface area (Å²) in [5, 5.41) is 13.3. The van der Waals surface area contributed by atoms with Gasteiger partial charge in [0.1, 0.15) is 0 Å². The second kappa shape index (κ2) is 10.3. The molecule has 13 heteroatoms. The summed E-state index contributed by atoms with van der Waals surface area (Å²) in [7, 11) is -4.03. The van der Waals surface area contributed by atoms with Crippen LogP contribution in [0.4, 0.5) is 5.69 Å². The van der Waals surface area contributed by atoms with Crippen molar-refractivity contribution in [1.29, 1.82) is 0 Å². The van der Waals surface area contributed by atoms with E-state index in [1.165, 1.54) is 4.52 Å². The molecule has 4 heterocycles. The second-order valence-electron chi connectivity index (χ2n) is 10.6. The summed E-state index contributed by atoms with van der Waals surface area (Å²) in [4.78, 5) is 33.9. The van der Waals surface area contributed by atoms with E-state index in [9.17, 15) is 18.0 Å². The maximum absolute atomic E-state index is 13.5. The van der Waals surface area contributed by atoms with Crippen LogP contribution in [0.25, 0.3) is 16.6 Å². The molecule has 2 aromatic heterocycles. The standard InChI is InChI=1S/C27H32N8O4S/c1-17-3-6-23(18(2)13-17)40(38,39)27-25-30-26(37)21-5-4-20(14-22(21)35(25)32-31-27)34-11-9-33(10-12-34)16-24(36)29-19-7-8-28-15-19/h3-6,13-14,19,28,32H,7-12,15-16H2,1-2H3,(H,29,36). The van der Waals surface area contributed by atoms with Crippen LogP contribution < -0.4 is 21.1 Å². The average Bonchev–Trinajstić information content (AvgIpc) is 3.59. The first kappa shape index (κ1) is 26.4. The molecule has 1 atom stereocenters. The van der Waals surface area contributed by atoms with E-state index in [0.717, 1.165) is 43.9 Å². The highest BCUT2D eigenvalue weighted by atomic mass is 32.2. The first-order chi connectivity index (χ1) is 19.2. The van der Waals surface area contributed by atoms with Gasteiger partial charge in [0.15, 0.2) is 5.65 Å². The number of H-pyrrole nitrogens is 1. The number of rotatable bonds is 6. The summed E-state index contributed by atoms with van der Waals surface area (Å²) in [6, 6.07) is 10.7. The number of carbonyl (C=O) groups excluding carboxylic acids is 1. The summed E-state index contributed by atoms with van der Waals surface area (Å²) < 4.78 is 28.5. The normalized spacial score (nSPS) is 18.6. The Morgan fingerprint density at radius 2 is 1.90 bits per heavy atom. The van der Waals surface area contributed by atoms with Gasteiger partial charge in [0.25, 0.3) is 5.56 Å². The monoisotopic (exact) mass is 564 g/mol. The summed E-state index contributed by atoms with van der Waals surface area (Å²) in [6.07, 6.45) is 0.961. The third-order valence-corrected chi connectivity index (χ3v) is 9.54. The molecule has 1 unspecified atom stereocenters.